The highest BCUT2D eigenvalue weighted by atomic mass is 35.5. The summed E-state index contributed by atoms with van der Waals surface area (Å²) in [6.45, 7) is 7.24. The van der Waals surface area contributed by atoms with Gasteiger partial charge in [0.1, 0.15) is 18.0 Å². The van der Waals surface area contributed by atoms with Gasteiger partial charge in [0.25, 0.3) is 0 Å². The Morgan fingerprint density at radius 2 is 2.00 bits per heavy atom. The van der Waals surface area contributed by atoms with E-state index in [4.69, 9.17) is 32.7 Å². The van der Waals surface area contributed by atoms with Crippen molar-refractivity contribution in [3.8, 4) is 0 Å². The van der Waals surface area contributed by atoms with Gasteiger partial charge in [0, 0.05) is 12.1 Å². The molecule has 0 spiro atoms. The van der Waals surface area contributed by atoms with Gasteiger partial charge in [0.05, 0.1) is 11.5 Å². The first kappa shape index (κ1) is 25.6. The molecule has 0 fully saturated rings. The summed E-state index contributed by atoms with van der Waals surface area (Å²) < 4.78 is 24.1. The zero-order valence-corrected chi connectivity index (χ0v) is 18.3. The van der Waals surface area contributed by atoms with Gasteiger partial charge in [0.2, 0.25) is 5.91 Å². The minimum atomic E-state index is -1.33. The highest BCUT2D eigenvalue weighted by Gasteiger charge is 2.29. The van der Waals surface area contributed by atoms with E-state index in [-0.39, 0.29) is 0 Å². The van der Waals surface area contributed by atoms with Crippen LogP contribution in [0.5, 0.6) is 0 Å². The molecule has 0 saturated heterocycles. The molecule has 0 aromatic heterocycles. The van der Waals surface area contributed by atoms with Gasteiger partial charge in [-0.3, -0.25) is 4.79 Å². The molecule has 0 aliphatic heterocycles. The van der Waals surface area contributed by atoms with Crippen LogP contribution >= 0.6 is 23.2 Å². The van der Waals surface area contributed by atoms with E-state index in [0.717, 1.165) is 0 Å². The maximum atomic E-state index is 13.2. The Balaban J connectivity index is 3.02. The van der Waals surface area contributed by atoms with Gasteiger partial charge in [-0.2, -0.15) is 0 Å². The number of benzene rings is 1. The Morgan fingerprint density at radius 3 is 2.48 bits per heavy atom. The molecule has 2 N–H and O–H groups in total. The van der Waals surface area contributed by atoms with Crippen molar-refractivity contribution in [2.24, 2.45) is 0 Å². The second kappa shape index (κ2) is 13.0. The fourth-order valence-corrected chi connectivity index (χ4v) is 2.81. The number of aliphatic hydroxyl groups is 1. The van der Waals surface area contributed by atoms with Gasteiger partial charge in [-0.25, -0.2) is 4.39 Å². The summed E-state index contributed by atoms with van der Waals surface area (Å²) in [5.74, 6) is -0.873. The fraction of sp³-hybridized carbons (Fsp3) is 0.476. The number of ether oxygens (including phenoxy) is 2. The summed E-state index contributed by atoms with van der Waals surface area (Å²) in [5.41, 5.74) is 0.491. The Labute approximate surface area is 181 Å². The molecule has 0 heterocycles. The lowest BCUT2D eigenvalue weighted by molar-refractivity contribution is -0.143. The minimum absolute atomic E-state index is 0.312. The topological polar surface area (TPSA) is 67.8 Å². The molecule has 162 valence electrons. The molecule has 1 aromatic carbocycles. The third kappa shape index (κ3) is 8.84. The number of hydrogen-bond acceptors (Lipinski definition) is 4. The monoisotopic (exact) mass is 447 g/mol. The number of methoxy groups -OCH3 is 1. The standard InChI is InChI=1S/C21H28Cl2FNO4/c1-5-6-18(29-17(14(3)23)12-7-13(2)22)20(26)25-19(21(27)28-4)15-8-10-16(24)11-9-15/h7-12,14,17-19,21,27H,2,5-6H2,1,3-4H3,(H,25,26). The number of aliphatic hydroxyl groups excluding tert-OH is 1. The molecule has 1 aromatic rings. The van der Waals surface area contributed by atoms with E-state index >= 15 is 0 Å². The van der Waals surface area contributed by atoms with Crippen molar-refractivity contribution in [3.63, 3.8) is 0 Å². The molecular weight excluding hydrogens is 420 g/mol. The van der Waals surface area contributed by atoms with Crippen molar-refractivity contribution < 1.29 is 23.8 Å². The summed E-state index contributed by atoms with van der Waals surface area (Å²) in [4.78, 5) is 12.9. The Kier molecular flexibility index (Phi) is 11.5. The molecule has 0 saturated carbocycles. The lowest BCUT2D eigenvalue weighted by Crippen LogP contribution is -2.44. The maximum Gasteiger partial charge on any atom is 0.249 e. The molecule has 1 rings (SSSR count). The molecule has 8 heteroatoms. The van der Waals surface area contributed by atoms with Crippen LogP contribution in [0.1, 0.15) is 38.3 Å². The van der Waals surface area contributed by atoms with Crippen LogP contribution < -0.4 is 5.32 Å². The van der Waals surface area contributed by atoms with Crippen molar-refractivity contribution in [1.29, 1.82) is 0 Å². The molecule has 5 atom stereocenters. The lowest BCUT2D eigenvalue weighted by Gasteiger charge is -2.28. The number of rotatable bonds is 12. The predicted octanol–water partition coefficient (Wildman–Crippen LogP) is 4.44. The average molecular weight is 448 g/mol. The zero-order chi connectivity index (χ0) is 22.0. The number of amides is 1. The van der Waals surface area contributed by atoms with Crippen LogP contribution in [0.25, 0.3) is 0 Å². The number of nitrogens with one attached hydrogen (secondary N) is 1. The van der Waals surface area contributed by atoms with Crippen LogP contribution in [0.4, 0.5) is 4.39 Å². The number of alkyl halides is 1. The van der Waals surface area contributed by atoms with Gasteiger partial charge in [-0.15, -0.1) is 11.6 Å². The van der Waals surface area contributed by atoms with E-state index in [9.17, 15) is 14.3 Å². The van der Waals surface area contributed by atoms with Gasteiger partial charge in [-0.1, -0.05) is 49.7 Å². The Bertz CT molecular complexity index is 682. The van der Waals surface area contributed by atoms with Crippen LogP contribution in [-0.2, 0) is 14.3 Å². The minimum Gasteiger partial charge on any atom is -0.366 e. The summed E-state index contributed by atoms with van der Waals surface area (Å²) in [5, 5.41) is 12.8. The number of carbonyl (C=O) groups is 1. The normalized spacial score (nSPS) is 16.8. The number of hydrogen-bond donors (Lipinski definition) is 2. The molecule has 0 aliphatic rings. The van der Waals surface area contributed by atoms with Crippen LogP contribution in [-0.4, -0.2) is 42.0 Å². The zero-order valence-electron chi connectivity index (χ0n) is 16.8. The molecule has 1 amide bonds. The molecule has 0 bridgehead atoms. The smallest absolute Gasteiger partial charge is 0.249 e. The maximum absolute atomic E-state index is 13.2. The van der Waals surface area contributed by atoms with E-state index in [1.807, 2.05) is 6.92 Å². The van der Waals surface area contributed by atoms with Crippen molar-refractivity contribution in [1.82, 2.24) is 5.32 Å². The van der Waals surface area contributed by atoms with E-state index in [0.29, 0.717) is 23.4 Å². The van der Waals surface area contributed by atoms with Crippen molar-refractivity contribution in [2.45, 2.75) is 56.6 Å². The predicted molar refractivity (Wildman–Crippen MR) is 113 cm³/mol. The molecule has 0 radical (unpaired) electrons. The molecule has 5 unspecified atom stereocenters. The van der Waals surface area contributed by atoms with E-state index in [1.54, 1.807) is 19.1 Å². The van der Waals surface area contributed by atoms with Crippen molar-refractivity contribution in [2.75, 3.05) is 7.11 Å². The third-order valence-corrected chi connectivity index (χ3v) is 4.51. The summed E-state index contributed by atoms with van der Waals surface area (Å²) >= 11 is 11.9. The van der Waals surface area contributed by atoms with Crippen LogP contribution in [0.3, 0.4) is 0 Å². The first-order chi connectivity index (χ1) is 13.7. The number of carbonyl (C=O) groups excluding carboxylic acids is 1. The molecule has 5 nitrogen and oxygen atoms in total. The highest BCUT2D eigenvalue weighted by molar-refractivity contribution is 6.30. The first-order valence-corrected chi connectivity index (χ1v) is 10.1. The second-order valence-corrected chi connectivity index (χ2v) is 7.70. The van der Waals surface area contributed by atoms with Gasteiger partial charge < -0.3 is 19.9 Å². The van der Waals surface area contributed by atoms with Crippen LogP contribution in [0.2, 0.25) is 0 Å². The lowest BCUT2D eigenvalue weighted by atomic mass is 10.1. The summed E-state index contributed by atoms with van der Waals surface area (Å²) in [7, 11) is 1.31. The van der Waals surface area contributed by atoms with Crippen LogP contribution in [0.15, 0.2) is 48.0 Å². The number of allylic oxidation sites excluding steroid dienone is 2. The first-order valence-electron chi connectivity index (χ1n) is 9.28. The SMILES string of the molecule is C=C(Cl)C=CC(OC(CCC)C(=O)NC(c1ccc(F)cc1)C(O)OC)C(C)Cl. The van der Waals surface area contributed by atoms with Crippen molar-refractivity contribution in [3.05, 3.63) is 59.4 Å². The van der Waals surface area contributed by atoms with Crippen molar-refractivity contribution >= 4 is 29.1 Å². The van der Waals surface area contributed by atoms with Gasteiger partial charge >= 0.3 is 0 Å². The summed E-state index contributed by atoms with van der Waals surface area (Å²) in [6.07, 6.45) is 1.58. The fourth-order valence-electron chi connectivity index (χ4n) is 2.59. The average Bonchev–Trinajstić information content (AvgIpc) is 2.68. The molecular formula is C21H28Cl2FNO4. The second-order valence-electron chi connectivity index (χ2n) is 6.53. The molecule has 0 aliphatic carbocycles. The number of halogens is 3. The van der Waals surface area contributed by atoms with E-state index < -0.39 is 41.6 Å². The Hall–Kier alpha value is -1.44. The summed E-state index contributed by atoms with van der Waals surface area (Å²) in [6, 6.07) is 4.52. The largest absolute Gasteiger partial charge is 0.366 e. The Morgan fingerprint density at radius 1 is 1.38 bits per heavy atom. The van der Waals surface area contributed by atoms with E-state index in [1.165, 1.54) is 31.4 Å². The quantitative estimate of drug-likeness (QED) is 0.282. The van der Waals surface area contributed by atoms with E-state index in [2.05, 4.69) is 11.9 Å². The highest BCUT2D eigenvalue weighted by Crippen LogP contribution is 2.21. The van der Waals surface area contributed by atoms with Gasteiger partial charge in [0.15, 0.2) is 6.29 Å². The van der Waals surface area contributed by atoms with Crippen LogP contribution in [0, 0.1) is 5.82 Å². The molecule has 29 heavy (non-hydrogen) atoms. The van der Waals surface area contributed by atoms with Gasteiger partial charge in [-0.05, 0) is 37.1 Å². The third-order valence-electron chi connectivity index (χ3n) is 4.14.